The lowest BCUT2D eigenvalue weighted by Crippen LogP contribution is -2.18. The fourth-order valence-electron chi connectivity index (χ4n) is 1.56. The number of carbonyl (C=O) groups excluding carboxylic acids is 1. The Hall–Kier alpha value is -1.76. The monoisotopic (exact) mass is 291 g/mol. The van der Waals surface area contributed by atoms with E-state index in [2.05, 4.69) is 5.32 Å². The first kappa shape index (κ1) is 16.3. The average molecular weight is 291 g/mol. The van der Waals surface area contributed by atoms with Gasteiger partial charge < -0.3 is 15.2 Å². The van der Waals surface area contributed by atoms with E-state index < -0.39 is 18.3 Å². The molecule has 1 amide bonds. The van der Waals surface area contributed by atoms with Crippen LogP contribution in [0.3, 0.4) is 0 Å². The Morgan fingerprint density at radius 3 is 2.65 bits per heavy atom. The van der Waals surface area contributed by atoms with Gasteiger partial charge in [0.05, 0.1) is 18.8 Å². The second-order valence-electron chi connectivity index (χ2n) is 4.11. The molecule has 0 saturated heterocycles. The van der Waals surface area contributed by atoms with Crippen molar-refractivity contribution in [3.63, 3.8) is 0 Å². The summed E-state index contributed by atoms with van der Waals surface area (Å²) in [4.78, 5) is 11.0. The molecule has 0 radical (unpaired) electrons. The number of rotatable bonds is 6. The van der Waals surface area contributed by atoms with Gasteiger partial charge in [0.2, 0.25) is 5.91 Å². The maximum atomic E-state index is 12.8. The number of hydrogen-bond acceptors (Lipinski definition) is 3. The van der Waals surface area contributed by atoms with Crippen molar-refractivity contribution >= 4 is 5.91 Å². The Kier molecular flexibility index (Phi) is 5.82. The topological polar surface area (TPSA) is 58.6 Å². The Morgan fingerprint density at radius 1 is 1.40 bits per heavy atom. The molecular weight excluding hydrogens is 275 g/mol. The van der Waals surface area contributed by atoms with Gasteiger partial charge in [-0.25, -0.2) is 0 Å². The maximum Gasteiger partial charge on any atom is 0.419 e. The third kappa shape index (κ3) is 4.73. The molecule has 0 spiro atoms. The Bertz CT molecular complexity index is 461. The lowest BCUT2D eigenvalue weighted by atomic mass is 10.1. The third-order valence-electron chi connectivity index (χ3n) is 2.62. The summed E-state index contributed by atoms with van der Waals surface area (Å²) in [5.41, 5.74) is -0.765. The number of benzene rings is 1. The minimum absolute atomic E-state index is 0.00890. The van der Waals surface area contributed by atoms with E-state index in [9.17, 15) is 18.0 Å². The zero-order chi connectivity index (χ0) is 15.2. The van der Waals surface area contributed by atoms with Crippen LogP contribution >= 0.6 is 0 Å². The molecule has 112 valence electrons. The molecule has 1 aromatic carbocycles. The molecule has 0 saturated carbocycles. The number of alkyl halides is 3. The lowest BCUT2D eigenvalue weighted by Gasteiger charge is -2.15. The highest BCUT2D eigenvalue weighted by molar-refractivity contribution is 5.75. The van der Waals surface area contributed by atoms with Gasteiger partial charge in [-0.2, -0.15) is 13.2 Å². The number of aliphatic hydroxyl groups is 1. The first-order valence-electron chi connectivity index (χ1n) is 6.03. The van der Waals surface area contributed by atoms with Gasteiger partial charge >= 0.3 is 6.18 Å². The van der Waals surface area contributed by atoms with Crippen LogP contribution in [0.4, 0.5) is 13.2 Å². The van der Waals surface area contributed by atoms with Crippen molar-refractivity contribution in [2.24, 2.45) is 0 Å². The summed E-state index contributed by atoms with van der Waals surface area (Å²) in [6.45, 7) is -0.463. The van der Waals surface area contributed by atoms with Gasteiger partial charge in [-0.1, -0.05) is 6.07 Å². The smallest absolute Gasteiger partial charge is 0.419 e. The molecule has 0 aromatic heterocycles. The Labute approximate surface area is 114 Å². The van der Waals surface area contributed by atoms with Gasteiger partial charge in [0.25, 0.3) is 0 Å². The fraction of sp³-hybridized carbons (Fsp3) is 0.462. The molecule has 4 nitrogen and oxygen atoms in total. The van der Waals surface area contributed by atoms with Crippen molar-refractivity contribution in [3.05, 3.63) is 29.3 Å². The molecule has 7 heteroatoms. The predicted molar refractivity (Wildman–Crippen MR) is 66.2 cm³/mol. The van der Waals surface area contributed by atoms with Crippen LogP contribution in [0, 0.1) is 0 Å². The summed E-state index contributed by atoms with van der Waals surface area (Å²) in [6.07, 6.45) is -4.05. The summed E-state index contributed by atoms with van der Waals surface area (Å²) in [6, 6.07) is 3.39. The van der Waals surface area contributed by atoms with Crippen molar-refractivity contribution in [1.29, 1.82) is 0 Å². The summed E-state index contributed by atoms with van der Waals surface area (Å²) >= 11 is 0. The number of hydrogen-bond donors (Lipinski definition) is 2. The minimum Gasteiger partial charge on any atom is -0.493 e. The van der Waals surface area contributed by atoms with E-state index in [1.165, 1.54) is 19.2 Å². The van der Waals surface area contributed by atoms with Crippen molar-refractivity contribution in [1.82, 2.24) is 5.32 Å². The molecule has 0 heterocycles. The predicted octanol–water partition coefficient (Wildman–Crippen LogP) is 2.10. The number of ether oxygens (including phenoxy) is 1. The van der Waals surface area contributed by atoms with Crippen LogP contribution in [0.5, 0.6) is 5.75 Å². The number of amides is 1. The average Bonchev–Trinajstić information content (AvgIpc) is 2.42. The largest absolute Gasteiger partial charge is 0.493 e. The first-order chi connectivity index (χ1) is 9.38. The van der Waals surface area contributed by atoms with Crippen LogP contribution < -0.4 is 10.1 Å². The van der Waals surface area contributed by atoms with Crippen LogP contribution in [0.2, 0.25) is 0 Å². The molecule has 1 aromatic rings. The van der Waals surface area contributed by atoms with Crippen molar-refractivity contribution in [2.45, 2.75) is 25.6 Å². The highest BCUT2D eigenvalue weighted by Crippen LogP contribution is 2.36. The Balaban J connectivity index is 2.72. The molecule has 2 N–H and O–H groups in total. The van der Waals surface area contributed by atoms with Crippen molar-refractivity contribution in [2.75, 3.05) is 13.7 Å². The number of halogens is 3. The molecule has 0 aliphatic rings. The van der Waals surface area contributed by atoms with Gasteiger partial charge in [0.1, 0.15) is 5.75 Å². The zero-order valence-electron chi connectivity index (χ0n) is 11.0. The van der Waals surface area contributed by atoms with E-state index in [-0.39, 0.29) is 30.2 Å². The van der Waals surface area contributed by atoms with Crippen molar-refractivity contribution in [3.8, 4) is 5.75 Å². The van der Waals surface area contributed by atoms with Crippen LogP contribution in [0.15, 0.2) is 18.2 Å². The molecular formula is C13H16F3NO3. The van der Waals surface area contributed by atoms with Crippen LogP contribution in [-0.4, -0.2) is 24.7 Å². The SMILES string of the molecule is CNC(=O)CCCOc1ccc(CO)cc1C(F)(F)F. The molecule has 0 fully saturated rings. The maximum absolute atomic E-state index is 12.8. The quantitative estimate of drug-likeness (QED) is 0.789. The second kappa shape index (κ2) is 7.14. The number of carbonyl (C=O) groups is 1. The number of nitrogens with one attached hydrogen (secondary N) is 1. The second-order valence-corrected chi connectivity index (χ2v) is 4.11. The Morgan fingerprint density at radius 2 is 2.10 bits per heavy atom. The molecule has 0 bridgehead atoms. The van der Waals surface area contributed by atoms with E-state index >= 15 is 0 Å². The molecule has 0 atom stereocenters. The van der Waals surface area contributed by atoms with E-state index in [1.54, 1.807) is 0 Å². The lowest BCUT2D eigenvalue weighted by molar-refractivity contribution is -0.139. The minimum atomic E-state index is -4.55. The normalized spacial score (nSPS) is 11.2. The summed E-state index contributed by atoms with van der Waals surface area (Å²) in [7, 11) is 1.48. The zero-order valence-corrected chi connectivity index (χ0v) is 11.0. The molecule has 0 aliphatic carbocycles. The van der Waals surface area contributed by atoms with E-state index in [4.69, 9.17) is 9.84 Å². The molecule has 0 unspecified atom stereocenters. The van der Waals surface area contributed by atoms with Crippen LogP contribution in [-0.2, 0) is 17.6 Å². The van der Waals surface area contributed by atoms with Gasteiger partial charge in [-0.05, 0) is 24.1 Å². The van der Waals surface area contributed by atoms with Gasteiger partial charge in [0.15, 0.2) is 0 Å². The number of aliphatic hydroxyl groups excluding tert-OH is 1. The summed E-state index contributed by atoms with van der Waals surface area (Å²) < 4.78 is 43.6. The highest BCUT2D eigenvalue weighted by Gasteiger charge is 2.34. The highest BCUT2D eigenvalue weighted by atomic mass is 19.4. The van der Waals surface area contributed by atoms with Crippen molar-refractivity contribution < 1.29 is 27.8 Å². The van der Waals surface area contributed by atoms with Crippen LogP contribution in [0.1, 0.15) is 24.0 Å². The summed E-state index contributed by atoms with van der Waals surface area (Å²) in [5.74, 6) is -0.494. The fourth-order valence-corrected chi connectivity index (χ4v) is 1.56. The van der Waals surface area contributed by atoms with E-state index in [0.717, 1.165) is 6.07 Å². The first-order valence-corrected chi connectivity index (χ1v) is 6.03. The van der Waals surface area contributed by atoms with E-state index in [0.29, 0.717) is 6.42 Å². The van der Waals surface area contributed by atoms with Gasteiger partial charge in [0, 0.05) is 13.5 Å². The molecule has 20 heavy (non-hydrogen) atoms. The van der Waals surface area contributed by atoms with Gasteiger partial charge in [-0.3, -0.25) is 4.79 Å². The van der Waals surface area contributed by atoms with E-state index in [1.807, 2.05) is 0 Å². The molecule has 1 rings (SSSR count). The third-order valence-corrected chi connectivity index (χ3v) is 2.62. The molecule has 0 aliphatic heterocycles. The van der Waals surface area contributed by atoms with Crippen LogP contribution in [0.25, 0.3) is 0 Å². The summed E-state index contributed by atoms with van der Waals surface area (Å²) in [5, 5.41) is 11.3. The van der Waals surface area contributed by atoms with Gasteiger partial charge in [-0.15, -0.1) is 0 Å². The standard InChI is InChI=1S/C13H16F3NO3/c1-17-12(19)3-2-6-20-11-5-4-9(8-18)7-10(11)13(14,15)16/h4-5,7,18H,2-3,6,8H2,1H3,(H,17,19).